The van der Waals surface area contributed by atoms with Crippen molar-refractivity contribution < 1.29 is 14.5 Å². The Hall–Kier alpha value is -2.89. The number of carbonyl (C=O) groups is 1. The highest BCUT2D eigenvalue weighted by molar-refractivity contribution is 5.94. The third-order valence-corrected chi connectivity index (χ3v) is 3.98. The van der Waals surface area contributed by atoms with E-state index in [1.165, 1.54) is 0 Å². The van der Waals surface area contributed by atoms with Crippen molar-refractivity contribution in [2.45, 2.75) is 6.42 Å². The first-order valence-corrected chi connectivity index (χ1v) is 7.07. The molecule has 22 heavy (non-hydrogen) atoms. The van der Waals surface area contributed by atoms with Gasteiger partial charge in [0.2, 0.25) is 0 Å². The smallest absolute Gasteiger partial charge is 0.335 e. The van der Waals surface area contributed by atoms with Gasteiger partial charge in [-0.25, -0.2) is 9.42 Å². The molecule has 0 unspecified atom stereocenters. The fourth-order valence-corrected chi connectivity index (χ4v) is 2.67. The molecule has 110 valence electrons. The van der Waals surface area contributed by atoms with Crippen LogP contribution < -0.4 is 4.90 Å². The Labute approximate surface area is 125 Å². The predicted molar refractivity (Wildman–Crippen MR) is 81.0 cm³/mol. The zero-order chi connectivity index (χ0) is 15.1. The van der Waals surface area contributed by atoms with Gasteiger partial charge in [-0.2, -0.15) is 0 Å². The van der Waals surface area contributed by atoms with Crippen LogP contribution in [0.3, 0.4) is 0 Å². The van der Waals surface area contributed by atoms with E-state index >= 15 is 0 Å². The number of rotatable bonds is 3. The minimum atomic E-state index is -0.936. The molecule has 0 spiro atoms. The molecule has 1 aliphatic rings. The molecule has 6 nitrogen and oxygen atoms in total. The van der Waals surface area contributed by atoms with E-state index in [1.807, 2.05) is 18.2 Å². The molecule has 0 radical (unpaired) electrons. The van der Waals surface area contributed by atoms with Crippen molar-refractivity contribution in [1.29, 1.82) is 0 Å². The van der Waals surface area contributed by atoms with Crippen molar-refractivity contribution in [3.63, 3.8) is 0 Å². The van der Waals surface area contributed by atoms with Gasteiger partial charge in [-0.15, -0.1) is 0 Å². The molecule has 0 atom stereocenters. The number of hydrogen-bond acceptors (Lipinski definition) is 5. The number of anilines is 1. The monoisotopic (exact) mass is 295 g/mol. The first-order valence-electron chi connectivity index (χ1n) is 7.07. The van der Waals surface area contributed by atoms with Crippen LogP contribution in [0.2, 0.25) is 0 Å². The summed E-state index contributed by atoms with van der Waals surface area (Å²) >= 11 is 0. The van der Waals surface area contributed by atoms with E-state index in [4.69, 9.17) is 9.74 Å². The average Bonchev–Trinajstić information content (AvgIpc) is 2.94. The second kappa shape index (κ2) is 4.84. The summed E-state index contributed by atoms with van der Waals surface area (Å²) in [5.41, 5.74) is 4.43. The lowest BCUT2D eigenvalue weighted by atomic mass is 10.0. The Kier molecular flexibility index (Phi) is 2.82. The van der Waals surface area contributed by atoms with E-state index in [0.29, 0.717) is 5.52 Å². The molecule has 1 aliphatic heterocycles. The Balaban J connectivity index is 1.87. The van der Waals surface area contributed by atoms with Gasteiger partial charge < -0.3 is 10.0 Å². The normalized spacial score (nSPS) is 14.1. The van der Waals surface area contributed by atoms with E-state index in [9.17, 15) is 4.79 Å². The summed E-state index contributed by atoms with van der Waals surface area (Å²) < 4.78 is 4.86. The van der Waals surface area contributed by atoms with Gasteiger partial charge in [0.25, 0.3) is 0 Å². The fraction of sp³-hybridized carbons (Fsp3) is 0.188. The number of carboxylic acid groups (broad SMARTS) is 1. The number of hydrogen-bond donors (Lipinski definition) is 1. The SMILES string of the molecule is O=C(O)c1cccc(-c2cc(N3CCC3)c3nonc3c2)c1. The summed E-state index contributed by atoms with van der Waals surface area (Å²) in [6.45, 7) is 1.97. The topological polar surface area (TPSA) is 79.5 Å². The second-order valence-electron chi connectivity index (χ2n) is 5.35. The van der Waals surface area contributed by atoms with E-state index in [2.05, 4.69) is 15.2 Å². The molecule has 1 saturated heterocycles. The van der Waals surface area contributed by atoms with Crippen LogP contribution in [-0.4, -0.2) is 34.5 Å². The lowest BCUT2D eigenvalue weighted by molar-refractivity contribution is 0.0697. The van der Waals surface area contributed by atoms with E-state index in [0.717, 1.165) is 41.8 Å². The lowest BCUT2D eigenvalue weighted by Gasteiger charge is -2.33. The van der Waals surface area contributed by atoms with Gasteiger partial charge in [0, 0.05) is 13.1 Å². The van der Waals surface area contributed by atoms with Crippen LogP contribution >= 0.6 is 0 Å². The Bertz CT molecular complexity index is 868. The van der Waals surface area contributed by atoms with Crippen LogP contribution in [0.1, 0.15) is 16.8 Å². The third kappa shape index (κ3) is 2.00. The molecule has 2 aromatic carbocycles. The molecule has 2 heterocycles. The number of aromatic carboxylic acids is 1. The molecule has 0 aliphatic carbocycles. The van der Waals surface area contributed by atoms with Crippen molar-refractivity contribution in [1.82, 2.24) is 10.3 Å². The summed E-state index contributed by atoms with van der Waals surface area (Å²) in [7, 11) is 0. The molecule has 1 N–H and O–H groups in total. The fourth-order valence-electron chi connectivity index (χ4n) is 2.67. The highest BCUT2D eigenvalue weighted by Crippen LogP contribution is 2.33. The second-order valence-corrected chi connectivity index (χ2v) is 5.35. The zero-order valence-electron chi connectivity index (χ0n) is 11.7. The number of aromatic nitrogens is 2. The Morgan fingerprint density at radius 2 is 2.00 bits per heavy atom. The van der Waals surface area contributed by atoms with Gasteiger partial charge in [0.15, 0.2) is 5.52 Å². The minimum Gasteiger partial charge on any atom is -0.478 e. The predicted octanol–water partition coefficient (Wildman–Crippen LogP) is 2.80. The molecular formula is C16H13N3O3. The van der Waals surface area contributed by atoms with Crippen molar-refractivity contribution >= 4 is 22.7 Å². The molecular weight excluding hydrogens is 282 g/mol. The number of benzene rings is 2. The average molecular weight is 295 g/mol. The largest absolute Gasteiger partial charge is 0.478 e. The summed E-state index contributed by atoms with van der Waals surface area (Å²) in [5, 5.41) is 17.1. The highest BCUT2D eigenvalue weighted by Gasteiger charge is 2.20. The van der Waals surface area contributed by atoms with Crippen LogP contribution in [0, 0.1) is 0 Å². The molecule has 1 aromatic heterocycles. The quantitative estimate of drug-likeness (QED) is 0.800. The maximum absolute atomic E-state index is 11.1. The summed E-state index contributed by atoms with van der Waals surface area (Å²) in [6.07, 6.45) is 1.16. The number of carboxylic acids is 1. The first-order chi connectivity index (χ1) is 10.7. The standard InChI is InChI=1S/C16H13N3O3/c20-16(21)11-4-1-3-10(7-11)12-8-13-15(18-22-17-13)14(9-12)19-5-2-6-19/h1,3-4,7-9H,2,5-6H2,(H,20,21). The summed E-state index contributed by atoms with van der Waals surface area (Å²) in [4.78, 5) is 13.4. The minimum absolute atomic E-state index is 0.265. The summed E-state index contributed by atoms with van der Waals surface area (Å²) in [5.74, 6) is -0.936. The van der Waals surface area contributed by atoms with Gasteiger partial charge in [-0.3, -0.25) is 0 Å². The van der Waals surface area contributed by atoms with E-state index in [-0.39, 0.29) is 5.56 Å². The molecule has 0 saturated carbocycles. The van der Waals surface area contributed by atoms with Crippen LogP contribution in [0.25, 0.3) is 22.2 Å². The lowest BCUT2D eigenvalue weighted by Crippen LogP contribution is -2.37. The molecule has 0 bridgehead atoms. The van der Waals surface area contributed by atoms with Gasteiger partial charge in [-0.1, -0.05) is 12.1 Å². The van der Waals surface area contributed by atoms with Gasteiger partial charge >= 0.3 is 5.97 Å². The van der Waals surface area contributed by atoms with Gasteiger partial charge in [0.1, 0.15) is 5.52 Å². The van der Waals surface area contributed by atoms with Crippen LogP contribution in [-0.2, 0) is 0 Å². The maximum Gasteiger partial charge on any atom is 0.335 e. The number of fused-ring (bicyclic) bond motifs is 1. The molecule has 0 amide bonds. The highest BCUT2D eigenvalue weighted by atomic mass is 16.6. The Morgan fingerprint density at radius 1 is 1.14 bits per heavy atom. The zero-order valence-corrected chi connectivity index (χ0v) is 11.7. The van der Waals surface area contributed by atoms with E-state index < -0.39 is 5.97 Å². The summed E-state index contributed by atoms with van der Waals surface area (Å²) in [6, 6.07) is 10.8. The van der Waals surface area contributed by atoms with Gasteiger partial charge in [0.05, 0.1) is 11.3 Å². The van der Waals surface area contributed by atoms with Crippen molar-refractivity contribution in [2.75, 3.05) is 18.0 Å². The van der Waals surface area contributed by atoms with Crippen molar-refractivity contribution in [2.24, 2.45) is 0 Å². The van der Waals surface area contributed by atoms with Crippen LogP contribution in [0.4, 0.5) is 5.69 Å². The van der Waals surface area contributed by atoms with Gasteiger partial charge in [-0.05, 0) is 52.1 Å². The van der Waals surface area contributed by atoms with Crippen LogP contribution in [0.5, 0.6) is 0 Å². The first kappa shape index (κ1) is 12.8. The van der Waals surface area contributed by atoms with Crippen molar-refractivity contribution in [3.8, 4) is 11.1 Å². The van der Waals surface area contributed by atoms with E-state index in [1.54, 1.807) is 18.2 Å². The molecule has 3 aromatic rings. The Morgan fingerprint density at radius 3 is 2.73 bits per heavy atom. The maximum atomic E-state index is 11.1. The molecule has 6 heteroatoms. The third-order valence-electron chi connectivity index (χ3n) is 3.98. The van der Waals surface area contributed by atoms with Crippen LogP contribution in [0.15, 0.2) is 41.0 Å². The van der Waals surface area contributed by atoms with Crippen molar-refractivity contribution in [3.05, 3.63) is 42.0 Å². The molecule has 4 rings (SSSR count). The molecule has 1 fully saturated rings. The number of nitrogens with zero attached hydrogens (tertiary/aromatic N) is 3.